The van der Waals surface area contributed by atoms with E-state index >= 15 is 0 Å². The van der Waals surface area contributed by atoms with Crippen molar-refractivity contribution in [2.75, 3.05) is 19.4 Å². The number of fused-ring (bicyclic) bond motifs is 1. The standard InChI is InChI=1S/C23H22N6O/c1-28(2)27-26-21-13-10-19-16-24-29(22(19)15-21)23(30)25-20-11-8-18(9-12-20)14-17-6-4-3-5-7-17/h3-13,15-16H,14H2,1-2H3,(H,25,30). The van der Waals surface area contributed by atoms with Crippen LogP contribution in [0.15, 0.2) is 89.3 Å². The first-order valence-electron chi connectivity index (χ1n) is 9.59. The lowest BCUT2D eigenvalue weighted by Gasteiger charge is -2.08. The Labute approximate surface area is 174 Å². The van der Waals surface area contributed by atoms with Gasteiger partial charge >= 0.3 is 6.03 Å². The number of anilines is 1. The molecule has 0 saturated carbocycles. The summed E-state index contributed by atoms with van der Waals surface area (Å²) in [4.78, 5) is 12.8. The van der Waals surface area contributed by atoms with E-state index in [1.165, 1.54) is 15.8 Å². The molecule has 0 aliphatic heterocycles. The molecule has 0 spiro atoms. The maximum Gasteiger partial charge on any atom is 0.347 e. The van der Waals surface area contributed by atoms with Crippen LogP contribution < -0.4 is 5.32 Å². The van der Waals surface area contributed by atoms with Gasteiger partial charge in [-0.25, -0.2) is 4.79 Å². The molecule has 0 fully saturated rings. The molecule has 0 aliphatic rings. The van der Waals surface area contributed by atoms with Crippen molar-refractivity contribution in [3.05, 3.63) is 90.1 Å². The number of rotatable bonds is 5. The second-order valence-corrected chi connectivity index (χ2v) is 7.13. The Morgan fingerprint density at radius 1 is 1.00 bits per heavy atom. The van der Waals surface area contributed by atoms with Crippen LogP contribution in [0.25, 0.3) is 10.9 Å². The minimum atomic E-state index is -0.331. The number of hydrogen-bond acceptors (Lipinski definition) is 4. The number of hydrogen-bond donors (Lipinski definition) is 1. The molecule has 0 radical (unpaired) electrons. The summed E-state index contributed by atoms with van der Waals surface area (Å²) in [5.74, 6) is 0. The molecule has 7 nitrogen and oxygen atoms in total. The zero-order valence-corrected chi connectivity index (χ0v) is 16.9. The SMILES string of the molecule is CN(C)N=Nc1ccc2cnn(C(=O)Nc3ccc(Cc4ccccc4)cc3)c2c1. The van der Waals surface area contributed by atoms with Crippen molar-refractivity contribution in [1.82, 2.24) is 14.8 Å². The minimum Gasteiger partial charge on any atom is -0.306 e. The van der Waals surface area contributed by atoms with Crippen molar-refractivity contribution in [2.24, 2.45) is 10.3 Å². The lowest BCUT2D eigenvalue weighted by Crippen LogP contribution is -2.20. The first kappa shape index (κ1) is 19.3. The zero-order valence-electron chi connectivity index (χ0n) is 16.9. The molecule has 3 aromatic carbocycles. The van der Waals surface area contributed by atoms with Gasteiger partial charge < -0.3 is 5.32 Å². The molecule has 0 aliphatic carbocycles. The number of nitrogens with one attached hydrogen (secondary N) is 1. The van der Waals surface area contributed by atoms with Crippen LogP contribution >= 0.6 is 0 Å². The second-order valence-electron chi connectivity index (χ2n) is 7.13. The van der Waals surface area contributed by atoms with Gasteiger partial charge in [0.25, 0.3) is 0 Å². The number of amides is 1. The molecule has 0 saturated heterocycles. The summed E-state index contributed by atoms with van der Waals surface area (Å²) in [7, 11) is 3.59. The number of carbonyl (C=O) groups is 1. The van der Waals surface area contributed by atoms with Gasteiger partial charge in [0.15, 0.2) is 0 Å². The molecule has 1 N–H and O–H groups in total. The molecular weight excluding hydrogens is 376 g/mol. The molecule has 0 bridgehead atoms. The summed E-state index contributed by atoms with van der Waals surface area (Å²) in [6.07, 6.45) is 2.51. The van der Waals surface area contributed by atoms with E-state index < -0.39 is 0 Å². The van der Waals surface area contributed by atoms with Crippen molar-refractivity contribution in [1.29, 1.82) is 0 Å². The van der Waals surface area contributed by atoms with Crippen molar-refractivity contribution in [3.63, 3.8) is 0 Å². The van der Waals surface area contributed by atoms with Gasteiger partial charge in [-0.2, -0.15) is 9.78 Å². The van der Waals surface area contributed by atoms with Gasteiger partial charge in [-0.1, -0.05) is 47.7 Å². The summed E-state index contributed by atoms with van der Waals surface area (Å²) >= 11 is 0. The van der Waals surface area contributed by atoms with Gasteiger partial charge in [-0.15, -0.1) is 5.11 Å². The third-order valence-corrected chi connectivity index (χ3v) is 4.54. The van der Waals surface area contributed by atoms with Gasteiger partial charge in [0.2, 0.25) is 0 Å². The van der Waals surface area contributed by atoms with E-state index in [9.17, 15) is 4.79 Å². The van der Waals surface area contributed by atoms with Crippen molar-refractivity contribution in [3.8, 4) is 0 Å². The van der Waals surface area contributed by atoms with Crippen LogP contribution in [0.2, 0.25) is 0 Å². The topological polar surface area (TPSA) is 74.9 Å². The first-order valence-corrected chi connectivity index (χ1v) is 9.59. The van der Waals surface area contributed by atoms with E-state index in [0.29, 0.717) is 16.9 Å². The Hall–Kier alpha value is -4.00. The van der Waals surface area contributed by atoms with E-state index in [-0.39, 0.29) is 6.03 Å². The molecule has 4 aromatic rings. The first-order chi connectivity index (χ1) is 14.6. The highest BCUT2D eigenvalue weighted by Crippen LogP contribution is 2.22. The van der Waals surface area contributed by atoms with Crippen LogP contribution in [0, 0.1) is 0 Å². The normalized spacial score (nSPS) is 11.1. The quantitative estimate of drug-likeness (QED) is 0.368. The minimum absolute atomic E-state index is 0.331. The average Bonchev–Trinajstić information content (AvgIpc) is 3.18. The van der Waals surface area contributed by atoms with E-state index in [0.717, 1.165) is 11.8 Å². The number of nitrogens with zero attached hydrogens (tertiary/aromatic N) is 5. The van der Waals surface area contributed by atoms with Gasteiger partial charge in [-0.3, -0.25) is 5.01 Å². The molecular formula is C23H22N6O. The fraction of sp³-hybridized carbons (Fsp3) is 0.130. The molecule has 1 aromatic heterocycles. The smallest absolute Gasteiger partial charge is 0.306 e. The molecule has 1 amide bonds. The molecule has 7 heteroatoms. The van der Waals surface area contributed by atoms with Gasteiger partial charge in [0, 0.05) is 25.2 Å². The molecule has 1 heterocycles. The van der Waals surface area contributed by atoms with Crippen molar-refractivity contribution >= 4 is 28.3 Å². The van der Waals surface area contributed by atoms with Crippen LogP contribution in [-0.4, -0.2) is 34.9 Å². The van der Waals surface area contributed by atoms with E-state index in [1.807, 2.05) is 54.6 Å². The highest BCUT2D eigenvalue weighted by Gasteiger charge is 2.11. The summed E-state index contributed by atoms with van der Waals surface area (Å²) in [5, 5.41) is 17.7. The van der Waals surface area contributed by atoms with Crippen LogP contribution in [0.5, 0.6) is 0 Å². The summed E-state index contributed by atoms with van der Waals surface area (Å²) in [5.41, 5.74) is 4.46. The Balaban J connectivity index is 1.49. The van der Waals surface area contributed by atoms with Gasteiger partial charge in [0.1, 0.15) is 0 Å². The van der Waals surface area contributed by atoms with Crippen LogP contribution in [-0.2, 0) is 6.42 Å². The Morgan fingerprint density at radius 2 is 1.73 bits per heavy atom. The summed E-state index contributed by atoms with van der Waals surface area (Å²) in [6.45, 7) is 0. The molecule has 0 atom stereocenters. The molecule has 0 unspecified atom stereocenters. The van der Waals surface area contributed by atoms with Crippen LogP contribution in [0.1, 0.15) is 11.1 Å². The number of carbonyl (C=O) groups excluding carboxylic acids is 1. The second kappa shape index (κ2) is 8.57. The number of aromatic nitrogens is 2. The molecule has 30 heavy (non-hydrogen) atoms. The van der Waals surface area contributed by atoms with Crippen LogP contribution in [0.3, 0.4) is 0 Å². The maximum atomic E-state index is 12.8. The Bertz CT molecular complexity index is 1180. The van der Waals surface area contributed by atoms with Gasteiger partial charge in [0.05, 0.1) is 17.4 Å². The summed E-state index contributed by atoms with van der Waals surface area (Å²) in [6, 6.07) is 23.3. The fourth-order valence-corrected chi connectivity index (χ4v) is 3.09. The third kappa shape index (κ3) is 4.52. The lowest BCUT2D eigenvalue weighted by molar-refractivity contribution is 0.252. The zero-order chi connectivity index (χ0) is 20.9. The lowest BCUT2D eigenvalue weighted by atomic mass is 10.0. The highest BCUT2D eigenvalue weighted by atomic mass is 16.2. The maximum absolute atomic E-state index is 12.8. The highest BCUT2D eigenvalue weighted by molar-refractivity contribution is 5.97. The van der Waals surface area contributed by atoms with E-state index in [1.54, 1.807) is 31.4 Å². The fourth-order valence-electron chi connectivity index (χ4n) is 3.09. The average molecular weight is 398 g/mol. The van der Waals surface area contributed by atoms with Crippen molar-refractivity contribution < 1.29 is 4.79 Å². The number of benzene rings is 3. The molecule has 4 rings (SSSR count). The molecule has 150 valence electrons. The Kier molecular flexibility index (Phi) is 5.52. The predicted molar refractivity (Wildman–Crippen MR) is 118 cm³/mol. The third-order valence-electron chi connectivity index (χ3n) is 4.54. The predicted octanol–water partition coefficient (Wildman–Crippen LogP) is 5.27. The Morgan fingerprint density at radius 3 is 2.47 bits per heavy atom. The van der Waals surface area contributed by atoms with Gasteiger partial charge in [-0.05, 0) is 47.9 Å². The van der Waals surface area contributed by atoms with Crippen molar-refractivity contribution in [2.45, 2.75) is 6.42 Å². The summed E-state index contributed by atoms with van der Waals surface area (Å²) < 4.78 is 1.34. The van der Waals surface area contributed by atoms with E-state index in [4.69, 9.17) is 0 Å². The largest absolute Gasteiger partial charge is 0.347 e. The van der Waals surface area contributed by atoms with E-state index in [2.05, 4.69) is 32.9 Å². The monoisotopic (exact) mass is 398 g/mol. The van der Waals surface area contributed by atoms with Crippen LogP contribution in [0.4, 0.5) is 16.2 Å².